The maximum Gasteiger partial charge on any atom is 0.276 e. The molecule has 100 valence electrons. The number of rotatable bonds is 3. The minimum Gasteiger partial charge on any atom is -0.455 e. The molecule has 0 aliphatic rings. The second-order valence-electron chi connectivity index (χ2n) is 3.98. The van der Waals surface area contributed by atoms with Crippen LogP contribution in [0.25, 0.3) is 0 Å². The highest BCUT2D eigenvalue weighted by atomic mass is 79.9. The molecule has 0 saturated carbocycles. The molecule has 2 aromatic rings. The van der Waals surface area contributed by atoms with E-state index in [9.17, 15) is 10.1 Å². The SMILES string of the molecule is Cc1c(Oc2cccc(Br)c2C#N)cccc1[N+](=O)[O-]. The zero-order valence-electron chi connectivity index (χ0n) is 10.5. The lowest BCUT2D eigenvalue weighted by Crippen LogP contribution is -1.96. The van der Waals surface area contributed by atoms with E-state index in [2.05, 4.69) is 15.9 Å². The van der Waals surface area contributed by atoms with E-state index >= 15 is 0 Å². The van der Waals surface area contributed by atoms with Gasteiger partial charge in [-0.05, 0) is 41.1 Å². The van der Waals surface area contributed by atoms with Gasteiger partial charge in [0.25, 0.3) is 5.69 Å². The van der Waals surface area contributed by atoms with E-state index in [1.807, 2.05) is 6.07 Å². The van der Waals surface area contributed by atoms with Gasteiger partial charge in [0.2, 0.25) is 0 Å². The molecule has 0 aliphatic carbocycles. The van der Waals surface area contributed by atoms with Crippen molar-refractivity contribution in [2.75, 3.05) is 0 Å². The van der Waals surface area contributed by atoms with Crippen LogP contribution in [0.4, 0.5) is 5.69 Å². The van der Waals surface area contributed by atoms with E-state index in [4.69, 9.17) is 10.00 Å². The van der Waals surface area contributed by atoms with Crippen LogP contribution in [0.15, 0.2) is 40.9 Å². The lowest BCUT2D eigenvalue weighted by molar-refractivity contribution is -0.385. The Morgan fingerprint density at radius 3 is 2.55 bits per heavy atom. The Morgan fingerprint density at radius 2 is 1.90 bits per heavy atom. The number of nitriles is 1. The first-order valence-electron chi connectivity index (χ1n) is 5.65. The normalized spacial score (nSPS) is 9.85. The molecule has 2 aromatic carbocycles. The molecule has 0 fully saturated rings. The first-order valence-corrected chi connectivity index (χ1v) is 6.44. The molecular formula is C14H9BrN2O3. The Labute approximate surface area is 123 Å². The molecule has 0 aliphatic heterocycles. The number of ether oxygens (including phenoxy) is 1. The van der Waals surface area contributed by atoms with Crippen molar-refractivity contribution in [3.05, 3.63) is 62.1 Å². The molecule has 0 aromatic heterocycles. The Hall–Kier alpha value is -2.39. The zero-order chi connectivity index (χ0) is 14.7. The minimum absolute atomic E-state index is 0.0176. The highest BCUT2D eigenvalue weighted by Gasteiger charge is 2.16. The van der Waals surface area contributed by atoms with Crippen molar-refractivity contribution in [1.29, 1.82) is 5.26 Å². The molecule has 20 heavy (non-hydrogen) atoms. The van der Waals surface area contributed by atoms with E-state index in [1.54, 1.807) is 37.3 Å². The predicted octanol–water partition coefficient (Wildman–Crippen LogP) is 4.33. The molecule has 0 amide bonds. The quantitative estimate of drug-likeness (QED) is 0.619. The average molecular weight is 333 g/mol. The molecule has 0 atom stereocenters. The zero-order valence-corrected chi connectivity index (χ0v) is 12.0. The van der Waals surface area contributed by atoms with Crippen LogP contribution in [0.3, 0.4) is 0 Å². The molecule has 0 heterocycles. The molecule has 2 rings (SSSR count). The Kier molecular flexibility index (Phi) is 4.01. The number of hydrogen-bond acceptors (Lipinski definition) is 4. The molecule has 0 N–H and O–H groups in total. The maximum atomic E-state index is 10.9. The van der Waals surface area contributed by atoms with Crippen molar-refractivity contribution < 1.29 is 9.66 Å². The predicted molar refractivity (Wildman–Crippen MR) is 76.8 cm³/mol. The summed E-state index contributed by atoms with van der Waals surface area (Å²) >= 11 is 3.27. The number of hydrogen-bond donors (Lipinski definition) is 0. The van der Waals surface area contributed by atoms with Crippen molar-refractivity contribution >= 4 is 21.6 Å². The van der Waals surface area contributed by atoms with Gasteiger partial charge in [-0.3, -0.25) is 10.1 Å². The van der Waals surface area contributed by atoms with Gasteiger partial charge in [0.15, 0.2) is 0 Å². The monoisotopic (exact) mass is 332 g/mol. The van der Waals surface area contributed by atoms with E-state index in [-0.39, 0.29) is 5.69 Å². The van der Waals surface area contributed by atoms with E-state index in [0.717, 1.165) is 0 Å². The van der Waals surface area contributed by atoms with Crippen molar-refractivity contribution in [2.24, 2.45) is 0 Å². The molecule has 0 unspecified atom stereocenters. The van der Waals surface area contributed by atoms with Gasteiger partial charge in [0, 0.05) is 10.5 Å². The van der Waals surface area contributed by atoms with Crippen LogP contribution in [0, 0.1) is 28.4 Å². The molecule has 0 radical (unpaired) electrons. The average Bonchev–Trinajstić information content (AvgIpc) is 2.41. The standard InChI is InChI=1S/C14H9BrN2O3/c1-9-12(17(18)19)5-3-6-13(9)20-14-7-2-4-11(15)10(14)8-16/h2-7H,1H3. The van der Waals surface area contributed by atoms with Crippen LogP contribution in [0.5, 0.6) is 11.5 Å². The smallest absolute Gasteiger partial charge is 0.276 e. The Morgan fingerprint density at radius 1 is 1.25 bits per heavy atom. The molecule has 5 nitrogen and oxygen atoms in total. The number of halogens is 1. The molecule has 0 saturated heterocycles. The van der Waals surface area contributed by atoms with Crippen molar-refractivity contribution in [2.45, 2.75) is 6.92 Å². The third-order valence-electron chi connectivity index (χ3n) is 2.76. The van der Waals surface area contributed by atoms with Crippen LogP contribution in [0.2, 0.25) is 0 Å². The Bertz CT molecular complexity index is 723. The van der Waals surface area contributed by atoms with Gasteiger partial charge in [-0.2, -0.15) is 5.26 Å². The lowest BCUT2D eigenvalue weighted by atomic mass is 10.1. The van der Waals surface area contributed by atoms with Gasteiger partial charge in [-0.1, -0.05) is 12.1 Å². The number of nitro groups is 1. The first kappa shape index (κ1) is 14.0. The van der Waals surface area contributed by atoms with Crippen molar-refractivity contribution in [3.8, 4) is 17.6 Å². The van der Waals surface area contributed by atoms with Gasteiger partial charge in [-0.25, -0.2) is 0 Å². The minimum atomic E-state index is -0.464. The van der Waals surface area contributed by atoms with Crippen molar-refractivity contribution in [3.63, 3.8) is 0 Å². The summed E-state index contributed by atoms with van der Waals surface area (Å²) in [7, 11) is 0. The van der Waals surface area contributed by atoms with Crippen LogP contribution < -0.4 is 4.74 Å². The molecular weight excluding hydrogens is 324 g/mol. The summed E-state index contributed by atoms with van der Waals surface area (Å²) in [4.78, 5) is 10.4. The highest BCUT2D eigenvalue weighted by molar-refractivity contribution is 9.10. The van der Waals surface area contributed by atoms with Gasteiger partial charge >= 0.3 is 0 Å². The highest BCUT2D eigenvalue weighted by Crippen LogP contribution is 2.34. The number of nitro benzene ring substituents is 1. The fourth-order valence-electron chi connectivity index (χ4n) is 1.73. The third kappa shape index (κ3) is 2.63. The summed E-state index contributed by atoms with van der Waals surface area (Å²) in [6.45, 7) is 1.61. The van der Waals surface area contributed by atoms with Gasteiger partial charge < -0.3 is 4.74 Å². The molecule has 0 bridgehead atoms. The lowest BCUT2D eigenvalue weighted by Gasteiger charge is -2.10. The second kappa shape index (κ2) is 5.72. The van der Waals surface area contributed by atoms with Crippen LogP contribution in [0.1, 0.15) is 11.1 Å². The largest absolute Gasteiger partial charge is 0.455 e. The van der Waals surface area contributed by atoms with E-state index < -0.39 is 4.92 Å². The fourth-order valence-corrected chi connectivity index (χ4v) is 2.16. The van der Waals surface area contributed by atoms with Crippen molar-refractivity contribution in [1.82, 2.24) is 0 Å². The summed E-state index contributed by atoms with van der Waals surface area (Å²) in [6.07, 6.45) is 0. The number of nitrogens with zero attached hydrogens (tertiary/aromatic N) is 2. The third-order valence-corrected chi connectivity index (χ3v) is 3.42. The molecule has 0 spiro atoms. The Balaban J connectivity index is 2.47. The topological polar surface area (TPSA) is 76.2 Å². The van der Waals surface area contributed by atoms with E-state index in [0.29, 0.717) is 27.1 Å². The summed E-state index contributed by atoms with van der Waals surface area (Å²) in [5.74, 6) is 0.708. The summed E-state index contributed by atoms with van der Waals surface area (Å²) in [5, 5.41) is 20.0. The summed E-state index contributed by atoms with van der Waals surface area (Å²) in [6, 6.07) is 11.7. The van der Waals surface area contributed by atoms with Crippen LogP contribution in [-0.4, -0.2) is 4.92 Å². The summed E-state index contributed by atoms with van der Waals surface area (Å²) in [5.41, 5.74) is 0.746. The molecule has 6 heteroatoms. The first-order chi connectivity index (χ1) is 9.54. The van der Waals surface area contributed by atoms with Crippen LogP contribution >= 0.6 is 15.9 Å². The fraction of sp³-hybridized carbons (Fsp3) is 0.0714. The maximum absolute atomic E-state index is 10.9. The summed E-state index contributed by atoms with van der Waals surface area (Å²) < 4.78 is 6.26. The second-order valence-corrected chi connectivity index (χ2v) is 4.84. The van der Waals surface area contributed by atoms with Crippen LogP contribution in [-0.2, 0) is 0 Å². The van der Waals surface area contributed by atoms with Gasteiger partial charge in [0.1, 0.15) is 23.1 Å². The van der Waals surface area contributed by atoms with E-state index in [1.165, 1.54) is 6.07 Å². The van der Waals surface area contributed by atoms with Gasteiger partial charge in [0.05, 0.1) is 10.5 Å². The number of benzene rings is 2. The van der Waals surface area contributed by atoms with Gasteiger partial charge in [-0.15, -0.1) is 0 Å².